The molecule has 1 aliphatic rings. The highest BCUT2D eigenvalue weighted by Gasteiger charge is 2.16. The molecule has 254 valence electrons. The third-order valence-electron chi connectivity index (χ3n) is 7.18. The van der Waals surface area contributed by atoms with Gasteiger partial charge in [0.05, 0.1) is 43.9 Å². The minimum Gasteiger partial charge on any atom is -0.271 e. The summed E-state index contributed by atoms with van der Waals surface area (Å²) < 4.78 is 3.78. The highest BCUT2D eigenvalue weighted by molar-refractivity contribution is 14.1. The van der Waals surface area contributed by atoms with E-state index in [-0.39, 0.29) is 14.9 Å². The van der Waals surface area contributed by atoms with E-state index >= 15 is 0 Å². The van der Waals surface area contributed by atoms with Crippen molar-refractivity contribution in [3.05, 3.63) is 117 Å². The van der Waals surface area contributed by atoms with E-state index in [4.69, 9.17) is 58.0 Å². The number of aromatic amines is 1. The molecule has 0 fully saturated rings. The van der Waals surface area contributed by atoms with Gasteiger partial charge in [-0.3, -0.25) is 19.7 Å². The van der Waals surface area contributed by atoms with Gasteiger partial charge in [-0.05, 0) is 111 Å². The summed E-state index contributed by atoms with van der Waals surface area (Å²) in [6, 6.07) is 13.5. The topological polar surface area (TPSA) is 98.1 Å². The van der Waals surface area contributed by atoms with Crippen LogP contribution in [0.15, 0.2) is 72.8 Å². The summed E-state index contributed by atoms with van der Waals surface area (Å²) in [6.07, 6.45) is 10.8. The summed E-state index contributed by atoms with van der Waals surface area (Å²) in [7, 11) is 0. The zero-order valence-corrected chi connectivity index (χ0v) is 32.1. The van der Waals surface area contributed by atoms with Crippen molar-refractivity contribution < 1.29 is 0 Å². The van der Waals surface area contributed by atoms with E-state index in [1.54, 1.807) is 24.8 Å². The Morgan fingerprint density at radius 2 is 1.49 bits per heavy atom. The van der Waals surface area contributed by atoms with Crippen LogP contribution >= 0.6 is 103 Å². The fraction of sp³-hybridized carbons (Fsp3) is 0.176. The smallest absolute Gasteiger partial charge is 0.141 e. The maximum atomic E-state index is 6.20. The van der Waals surface area contributed by atoms with Crippen LogP contribution in [0.1, 0.15) is 38.1 Å². The predicted molar refractivity (Wildman–Crippen MR) is 222 cm³/mol. The lowest BCUT2D eigenvalue weighted by Crippen LogP contribution is -2.08. The van der Waals surface area contributed by atoms with E-state index < -0.39 is 0 Å². The minimum absolute atomic E-state index is 0. The minimum atomic E-state index is 0. The lowest BCUT2D eigenvalue weighted by molar-refractivity contribution is 0.667. The van der Waals surface area contributed by atoms with E-state index in [2.05, 4.69) is 86.5 Å². The van der Waals surface area contributed by atoms with Crippen molar-refractivity contribution in [1.82, 2.24) is 39.9 Å². The summed E-state index contributed by atoms with van der Waals surface area (Å²) in [5, 5.41) is 16.6. The van der Waals surface area contributed by atoms with Crippen LogP contribution in [0, 0.1) is 7.40 Å². The molecular weight excluding hydrogens is 952 g/mol. The highest BCUT2D eigenvalue weighted by atomic mass is 127. The van der Waals surface area contributed by atoms with E-state index in [1.807, 2.05) is 47.1 Å². The van der Waals surface area contributed by atoms with E-state index in [0.29, 0.717) is 26.2 Å². The number of H-pyrrole nitrogens is 1. The Labute approximate surface area is 336 Å². The molecule has 0 unspecified atom stereocenters. The number of allylic oxidation sites excluding steroid dienone is 1. The molecule has 1 aliphatic carbocycles. The summed E-state index contributed by atoms with van der Waals surface area (Å²) in [5.41, 5.74) is 7.39. The van der Waals surface area contributed by atoms with Crippen molar-refractivity contribution in [2.24, 2.45) is 0 Å². The Balaban J connectivity index is 0.000000177. The third kappa shape index (κ3) is 9.32. The second-order valence-electron chi connectivity index (χ2n) is 10.3. The van der Waals surface area contributed by atoms with Crippen molar-refractivity contribution in [3.63, 3.8) is 0 Å². The average molecular weight is 981 g/mol. The maximum Gasteiger partial charge on any atom is 0.141 e. The lowest BCUT2D eigenvalue weighted by atomic mass is 9.96. The molecule has 8 nitrogen and oxygen atoms in total. The number of rotatable bonds is 3. The molecule has 1 N–H and O–H groups in total. The first kappa shape index (κ1) is 39.5. The molecule has 0 saturated carbocycles. The third-order valence-corrected chi connectivity index (χ3v) is 10.0. The largest absolute Gasteiger partial charge is 0.271 e. The number of fused-ring (bicyclic) bond motifs is 4. The number of hydrogen-bond donors (Lipinski definition) is 1. The lowest BCUT2D eigenvalue weighted by Gasteiger charge is -2.16. The second kappa shape index (κ2) is 17.7. The normalized spacial score (nSPS) is 11.8. The average Bonchev–Trinajstić information content (AvgIpc) is 3.61. The summed E-state index contributed by atoms with van der Waals surface area (Å²) in [6.45, 7) is 0.728. The maximum absolute atomic E-state index is 6.20. The van der Waals surface area contributed by atoms with Crippen molar-refractivity contribution in [3.8, 4) is 0 Å². The van der Waals surface area contributed by atoms with Gasteiger partial charge in [0, 0.05) is 41.7 Å². The molecule has 8 rings (SSSR count). The van der Waals surface area contributed by atoms with Gasteiger partial charge < -0.3 is 0 Å². The van der Waals surface area contributed by atoms with Crippen molar-refractivity contribution in [1.29, 1.82) is 0 Å². The molecular formula is C34H29Cl5I2N8. The molecule has 15 heteroatoms. The quantitative estimate of drug-likeness (QED) is 0.108. The van der Waals surface area contributed by atoms with Crippen molar-refractivity contribution in [2.45, 2.75) is 40.1 Å². The van der Waals surface area contributed by atoms with Gasteiger partial charge in [0.1, 0.15) is 17.7 Å². The molecule has 0 radical (unpaired) electrons. The molecule has 0 saturated heterocycles. The number of aromatic nitrogens is 8. The number of pyridine rings is 4. The number of aryl methyl sites for hydroxylation is 1. The molecule has 0 atom stereocenters. The Morgan fingerprint density at radius 3 is 2.24 bits per heavy atom. The zero-order chi connectivity index (χ0) is 33.1. The Kier molecular flexibility index (Phi) is 14.3. The fourth-order valence-corrected chi connectivity index (χ4v) is 7.75. The van der Waals surface area contributed by atoms with E-state index in [0.717, 1.165) is 76.3 Å². The Morgan fingerprint density at radius 1 is 0.776 bits per heavy atom. The standard InChI is InChI=1S/C16H11Cl2IN4.C10H7Cl2N.C6H3ClIN3.2CH4/c17-11-6-10-5-9(1-2-12(10)21-7-11)8-23-13-3-4-20-15(18)14(13)16(19)22-23;11-5-7-1-2-10-8(3-7)4-9(12)6-13-10;7-5-4-3(1-2-9-5)10-11-6(4)8;;/h3-7H,1-2,8H2;1-4,6H,5H2;1-2H,(H,10,11);2*1H4. The van der Waals surface area contributed by atoms with Crippen LogP contribution < -0.4 is 0 Å². The van der Waals surface area contributed by atoms with Gasteiger partial charge in [0.25, 0.3) is 0 Å². The Bertz CT molecular complexity index is 2270. The van der Waals surface area contributed by atoms with Crippen LogP contribution in [-0.2, 0) is 18.8 Å². The SMILES string of the molecule is C.C.ClCc1ccc2ncc(Cl)cc2c1.Clc1cnc2c(c1)C=C(Cn1nc(I)c3c(Cl)nccc31)CC2.Clc1nccc2n[nH]c(I)c12. The van der Waals surface area contributed by atoms with Gasteiger partial charge in [-0.1, -0.05) is 73.4 Å². The van der Waals surface area contributed by atoms with Gasteiger partial charge in [-0.25, -0.2) is 9.97 Å². The first-order chi connectivity index (χ1) is 22.7. The molecule has 0 bridgehead atoms. The number of nitrogens with zero attached hydrogens (tertiary/aromatic N) is 7. The van der Waals surface area contributed by atoms with E-state index in [9.17, 15) is 0 Å². The van der Waals surface area contributed by atoms with Crippen LogP contribution in [0.3, 0.4) is 0 Å². The van der Waals surface area contributed by atoms with Gasteiger partial charge in [0.15, 0.2) is 0 Å². The number of benzene rings is 1. The zero-order valence-electron chi connectivity index (χ0n) is 24.0. The summed E-state index contributed by atoms with van der Waals surface area (Å²) in [5.74, 6) is 0.516. The fourth-order valence-electron chi connectivity index (χ4n) is 4.99. The molecule has 0 spiro atoms. The molecule has 7 aromatic rings. The van der Waals surface area contributed by atoms with Gasteiger partial charge in [-0.2, -0.15) is 10.2 Å². The van der Waals surface area contributed by atoms with Crippen molar-refractivity contribution in [2.75, 3.05) is 0 Å². The first-order valence-electron chi connectivity index (χ1n) is 13.9. The van der Waals surface area contributed by atoms with Crippen LogP contribution in [0.5, 0.6) is 0 Å². The van der Waals surface area contributed by atoms with Gasteiger partial charge in [0.2, 0.25) is 0 Å². The second-order valence-corrected chi connectivity index (χ2v) is 14.2. The first-order valence-corrected chi connectivity index (χ1v) is 18.1. The summed E-state index contributed by atoms with van der Waals surface area (Å²) >= 11 is 33.9. The van der Waals surface area contributed by atoms with Crippen LogP contribution in [0.4, 0.5) is 0 Å². The Hall–Kier alpha value is -2.33. The van der Waals surface area contributed by atoms with Crippen LogP contribution in [0.25, 0.3) is 38.8 Å². The number of alkyl halides is 1. The van der Waals surface area contributed by atoms with Crippen molar-refractivity contribution >= 4 is 142 Å². The summed E-state index contributed by atoms with van der Waals surface area (Å²) in [4.78, 5) is 16.7. The molecule has 1 aromatic carbocycles. The van der Waals surface area contributed by atoms with Gasteiger partial charge in [-0.15, -0.1) is 11.6 Å². The molecule has 0 amide bonds. The molecule has 6 aromatic heterocycles. The molecule has 49 heavy (non-hydrogen) atoms. The van der Waals surface area contributed by atoms with Gasteiger partial charge >= 0.3 is 0 Å². The predicted octanol–water partition coefficient (Wildman–Crippen LogP) is 11.9. The van der Waals surface area contributed by atoms with E-state index in [1.165, 1.54) is 5.57 Å². The van der Waals surface area contributed by atoms with Crippen LogP contribution in [-0.4, -0.2) is 39.9 Å². The number of nitrogens with one attached hydrogen (secondary N) is 1. The monoisotopic (exact) mass is 978 g/mol. The van der Waals surface area contributed by atoms with Crippen LogP contribution in [0.2, 0.25) is 20.4 Å². The number of hydrogen-bond acceptors (Lipinski definition) is 6. The number of halogens is 7. The highest BCUT2D eigenvalue weighted by Crippen LogP contribution is 2.30. The molecule has 6 heterocycles. The molecule has 0 aliphatic heterocycles.